The average molecular weight is 330 g/mol. The molecule has 0 radical (unpaired) electrons. The molecule has 110 valence electrons. The van der Waals surface area contributed by atoms with Crippen LogP contribution < -0.4 is 5.32 Å². The lowest BCUT2D eigenvalue weighted by molar-refractivity contribution is 0.103. The molecule has 2 aromatic carbocycles. The van der Waals surface area contributed by atoms with E-state index in [1.165, 1.54) is 11.8 Å². The van der Waals surface area contributed by atoms with Crippen molar-refractivity contribution >= 4 is 40.0 Å². The van der Waals surface area contributed by atoms with Gasteiger partial charge in [-0.3, -0.25) is 10.1 Å². The smallest absolute Gasteiger partial charge is 0.195 e. The van der Waals surface area contributed by atoms with Gasteiger partial charge in [0.1, 0.15) is 0 Å². The molecular weight excluding hydrogens is 318 g/mol. The third-order valence-corrected chi connectivity index (χ3v) is 3.63. The number of amidine groups is 1. The normalized spacial score (nSPS) is 10.9. The summed E-state index contributed by atoms with van der Waals surface area (Å²) in [6.45, 7) is 0. The van der Waals surface area contributed by atoms with E-state index in [0.29, 0.717) is 27.0 Å². The Balaban J connectivity index is 2.49. The van der Waals surface area contributed by atoms with Crippen LogP contribution in [0.4, 0.5) is 5.69 Å². The lowest BCUT2D eigenvalue weighted by Crippen LogP contribution is -2.13. The summed E-state index contributed by atoms with van der Waals surface area (Å²) in [6.07, 6.45) is 3.60. The van der Waals surface area contributed by atoms with E-state index in [4.69, 9.17) is 16.9 Å². The molecule has 0 fully saturated rings. The second kappa shape index (κ2) is 7.64. The van der Waals surface area contributed by atoms with Gasteiger partial charge in [0.15, 0.2) is 17.1 Å². The zero-order valence-electron chi connectivity index (χ0n) is 11.7. The van der Waals surface area contributed by atoms with Gasteiger partial charge in [-0.05, 0) is 24.5 Å². The molecule has 0 bridgehead atoms. The van der Waals surface area contributed by atoms with Crippen LogP contribution in [0, 0.1) is 11.5 Å². The first-order chi connectivity index (χ1) is 10.7. The summed E-state index contributed by atoms with van der Waals surface area (Å²) in [5.41, 5.74) is 1.43. The molecule has 0 unspecified atom stereocenters. The van der Waals surface area contributed by atoms with Crippen LogP contribution in [0.3, 0.4) is 0 Å². The fourth-order valence-corrected chi connectivity index (χ4v) is 2.32. The van der Waals surface area contributed by atoms with Gasteiger partial charge in [-0.15, -0.1) is 0 Å². The molecule has 2 aromatic rings. The zero-order valence-corrected chi connectivity index (χ0v) is 13.3. The molecule has 0 heterocycles. The predicted molar refractivity (Wildman–Crippen MR) is 90.7 cm³/mol. The van der Waals surface area contributed by atoms with E-state index in [1.807, 2.05) is 12.3 Å². The largest absolute Gasteiger partial charge is 0.289 e. The van der Waals surface area contributed by atoms with Crippen molar-refractivity contribution < 1.29 is 4.79 Å². The van der Waals surface area contributed by atoms with Crippen molar-refractivity contribution in [3.05, 3.63) is 64.7 Å². The van der Waals surface area contributed by atoms with Crippen molar-refractivity contribution in [1.29, 1.82) is 5.26 Å². The van der Waals surface area contributed by atoms with Crippen LogP contribution in [-0.2, 0) is 0 Å². The SMILES string of the molecule is CSC(=Nc1cc(Cl)ccc1C(=O)c1ccccc1)NC#N. The number of hydrogen-bond donors (Lipinski definition) is 1. The topological polar surface area (TPSA) is 65.2 Å². The van der Waals surface area contributed by atoms with Gasteiger partial charge in [0.25, 0.3) is 0 Å². The Morgan fingerprint density at radius 2 is 2.00 bits per heavy atom. The molecule has 1 N–H and O–H groups in total. The van der Waals surface area contributed by atoms with Gasteiger partial charge in [-0.1, -0.05) is 53.7 Å². The molecule has 0 aliphatic carbocycles. The minimum absolute atomic E-state index is 0.145. The van der Waals surface area contributed by atoms with E-state index in [2.05, 4.69) is 10.3 Å². The lowest BCUT2D eigenvalue weighted by Gasteiger charge is -2.07. The van der Waals surface area contributed by atoms with Crippen molar-refractivity contribution in [2.24, 2.45) is 4.99 Å². The highest BCUT2D eigenvalue weighted by Gasteiger charge is 2.14. The van der Waals surface area contributed by atoms with Crippen molar-refractivity contribution in [1.82, 2.24) is 5.32 Å². The van der Waals surface area contributed by atoms with Crippen LogP contribution in [0.1, 0.15) is 15.9 Å². The number of benzene rings is 2. The Labute approximate surface area is 137 Å². The standard InChI is InChI=1S/C16H12ClN3OS/c1-22-16(19-10-18)20-14-9-12(17)7-8-13(14)15(21)11-5-3-2-4-6-11/h2-9H,1H3,(H,19,20). The van der Waals surface area contributed by atoms with Crippen molar-refractivity contribution in [2.45, 2.75) is 0 Å². The number of nitrogens with zero attached hydrogens (tertiary/aromatic N) is 2. The van der Waals surface area contributed by atoms with Gasteiger partial charge in [-0.25, -0.2) is 4.99 Å². The van der Waals surface area contributed by atoms with Crippen LogP contribution in [0.25, 0.3) is 0 Å². The Morgan fingerprint density at radius 3 is 2.64 bits per heavy atom. The maximum absolute atomic E-state index is 12.6. The Bertz CT molecular complexity index is 754. The number of carbonyl (C=O) groups excluding carboxylic acids is 1. The molecule has 4 nitrogen and oxygen atoms in total. The maximum Gasteiger partial charge on any atom is 0.195 e. The van der Waals surface area contributed by atoms with Crippen LogP contribution in [0.2, 0.25) is 5.02 Å². The van der Waals surface area contributed by atoms with Gasteiger partial charge in [0.2, 0.25) is 0 Å². The number of hydrogen-bond acceptors (Lipinski definition) is 4. The van der Waals surface area contributed by atoms with Crippen molar-refractivity contribution in [2.75, 3.05) is 6.26 Å². The number of thioether (sulfide) groups is 1. The number of nitrogens with one attached hydrogen (secondary N) is 1. The Hall–Kier alpha value is -2.29. The molecule has 22 heavy (non-hydrogen) atoms. The maximum atomic E-state index is 12.6. The first-order valence-electron chi connectivity index (χ1n) is 6.33. The fourth-order valence-electron chi connectivity index (χ4n) is 1.82. The van der Waals surface area contributed by atoms with E-state index in [-0.39, 0.29) is 5.78 Å². The molecule has 6 heteroatoms. The molecule has 0 aromatic heterocycles. The van der Waals surface area contributed by atoms with E-state index in [0.717, 1.165) is 0 Å². The Kier molecular flexibility index (Phi) is 5.59. The summed E-state index contributed by atoms with van der Waals surface area (Å²) in [6, 6.07) is 13.8. The monoisotopic (exact) mass is 329 g/mol. The van der Waals surface area contributed by atoms with E-state index in [9.17, 15) is 4.79 Å². The molecular formula is C16H12ClN3OS. The number of nitriles is 1. The van der Waals surface area contributed by atoms with Gasteiger partial charge >= 0.3 is 0 Å². The van der Waals surface area contributed by atoms with Crippen molar-refractivity contribution in [3.63, 3.8) is 0 Å². The number of rotatable bonds is 3. The van der Waals surface area contributed by atoms with E-state index >= 15 is 0 Å². The summed E-state index contributed by atoms with van der Waals surface area (Å²) in [5.74, 6) is -0.145. The molecule has 0 aliphatic heterocycles. The number of aliphatic imine (C=N–C) groups is 1. The van der Waals surface area contributed by atoms with Gasteiger partial charge in [-0.2, -0.15) is 5.26 Å². The molecule has 0 atom stereocenters. The van der Waals surface area contributed by atoms with E-state index in [1.54, 1.807) is 48.7 Å². The van der Waals surface area contributed by atoms with Crippen LogP contribution >= 0.6 is 23.4 Å². The van der Waals surface area contributed by atoms with Crippen LogP contribution in [0.15, 0.2) is 53.5 Å². The molecule has 0 saturated heterocycles. The average Bonchev–Trinajstić information content (AvgIpc) is 2.55. The summed E-state index contributed by atoms with van der Waals surface area (Å²) >= 11 is 7.27. The summed E-state index contributed by atoms with van der Waals surface area (Å²) in [5, 5.41) is 12.0. The number of halogens is 1. The second-order valence-electron chi connectivity index (χ2n) is 4.21. The quantitative estimate of drug-likeness (QED) is 0.304. The third-order valence-electron chi connectivity index (χ3n) is 2.82. The van der Waals surface area contributed by atoms with Crippen molar-refractivity contribution in [3.8, 4) is 6.19 Å². The summed E-state index contributed by atoms with van der Waals surface area (Å²) in [4.78, 5) is 16.9. The van der Waals surface area contributed by atoms with Gasteiger partial charge < -0.3 is 0 Å². The first kappa shape index (κ1) is 16.1. The number of carbonyl (C=O) groups is 1. The summed E-state index contributed by atoms with van der Waals surface area (Å²) < 4.78 is 0. The van der Waals surface area contributed by atoms with Crippen LogP contribution in [0.5, 0.6) is 0 Å². The second-order valence-corrected chi connectivity index (χ2v) is 5.45. The van der Waals surface area contributed by atoms with Crippen LogP contribution in [-0.4, -0.2) is 17.2 Å². The fraction of sp³-hybridized carbons (Fsp3) is 0.0625. The lowest BCUT2D eigenvalue weighted by atomic mass is 10.0. The van der Waals surface area contributed by atoms with Gasteiger partial charge in [0, 0.05) is 16.1 Å². The third kappa shape index (κ3) is 3.88. The first-order valence-corrected chi connectivity index (χ1v) is 7.93. The predicted octanol–water partition coefficient (Wildman–Crippen LogP) is 3.99. The Morgan fingerprint density at radius 1 is 1.27 bits per heavy atom. The molecule has 0 amide bonds. The number of ketones is 1. The molecule has 0 spiro atoms. The molecule has 0 aliphatic rings. The molecule has 0 saturated carbocycles. The highest BCUT2D eigenvalue weighted by molar-refractivity contribution is 8.13. The van der Waals surface area contributed by atoms with E-state index < -0.39 is 0 Å². The zero-order chi connectivity index (χ0) is 15.9. The highest BCUT2D eigenvalue weighted by Crippen LogP contribution is 2.27. The van der Waals surface area contributed by atoms with Gasteiger partial charge in [0.05, 0.1) is 5.69 Å². The minimum atomic E-state index is -0.145. The molecule has 2 rings (SSSR count). The summed E-state index contributed by atoms with van der Waals surface area (Å²) in [7, 11) is 0. The highest BCUT2D eigenvalue weighted by atomic mass is 35.5. The minimum Gasteiger partial charge on any atom is -0.289 e.